The van der Waals surface area contributed by atoms with Gasteiger partial charge in [-0.1, -0.05) is 13.8 Å². The average Bonchev–Trinajstić information content (AvgIpc) is 2.12. The molecule has 0 bridgehead atoms. The van der Waals surface area contributed by atoms with Crippen molar-refractivity contribution in [3.05, 3.63) is 0 Å². The van der Waals surface area contributed by atoms with Gasteiger partial charge < -0.3 is 15.2 Å². The van der Waals surface area contributed by atoms with E-state index < -0.39 is 18.7 Å². The molecule has 0 rings (SSSR count). The van der Waals surface area contributed by atoms with Crippen LogP contribution in [0.5, 0.6) is 0 Å². The van der Waals surface area contributed by atoms with Gasteiger partial charge in [0.05, 0.1) is 13.7 Å². The summed E-state index contributed by atoms with van der Waals surface area (Å²) in [5.41, 5.74) is 0. The summed E-state index contributed by atoms with van der Waals surface area (Å²) < 4.78 is 4.30. The number of aliphatic hydroxyl groups excluding tert-OH is 1. The first-order chi connectivity index (χ1) is 6.02. The highest BCUT2D eigenvalue weighted by atomic mass is 16.5. The molecule has 1 atom stereocenters. The molecular weight excluding hydrogens is 174 g/mol. The molecule has 5 heteroatoms. The van der Waals surface area contributed by atoms with Gasteiger partial charge in [0, 0.05) is 5.92 Å². The van der Waals surface area contributed by atoms with Gasteiger partial charge in [-0.15, -0.1) is 0 Å². The van der Waals surface area contributed by atoms with E-state index in [4.69, 9.17) is 5.11 Å². The Hall–Kier alpha value is -1.10. The molecule has 0 aromatic heterocycles. The van der Waals surface area contributed by atoms with Gasteiger partial charge in [0.1, 0.15) is 6.04 Å². The predicted octanol–water partition coefficient (Wildman–Crippen LogP) is -0.0716. The molecule has 0 fully saturated rings. The van der Waals surface area contributed by atoms with Crippen LogP contribution in [0.2, 0.25) is 0 Å². The van der Waals surface area contributed by atoms with Crippen LogP contribution in [-0.4, -0.2) is 36.7 Å². The van der Waals surface area contributed by atoms with Crippen LogP contribution in [0.3, 0.4) is 0 Å². The predicted molar refractivity (Wildman–Crippen MR) is 46.3 cm³/mol. The maximum absolute atomic E-state index is 11.3. The van der Waals surface area contributed by atoms with Gasteiger partial charge >= 0.3 is 6.09 Å². The number of aliphatic hydroxyl groups is 1. The topological polar surface area (TPSA) is 75.6 Å². The molecule has 1 amide bonds. The highest BCUT2D eigenvalue weighted by molar-refractivity contribution is 5.88. The molecule has 13 heavy (non-hydrogen) atoms. The van der Waals surface area contributed by atoms with Crippen LogP contribution in [0.15, 0.2) is 0 Å². The smallest absolute Gasteiger partial charge is 0.407 e. The zero-order valence-corrected chi connectivity index (χ0v) is 8.03. The van der Waals surface area contributed by atoms with Crippen LogP contribution in [0, 0.1) is 5.92 Å². The highest BCUT2D eigenvalue weighted by Gasteiger charge is 2.22. The molecule has 0 aromatic rings. The molecule has 0 aromatic carbocycles. The van der Waals surface area contributed by atoms with Crippen molar-refractivity contribution in [1.29, 1.82) is 0 Å². The minimum Gasteiger partial charge on any atom is -0.453 e. The van der Waals surface area contributed by atoms with Gasteiger partial charge in [0.15, 0.2) is 5.78 Å². The summed E-state index contributed by atoms with van der Waals surface area (Å²) in [5, 5.41) is 11.0. The standard InChI is InChI=1S/C8H15NO4/c1-5(2)7(11)6(4-10)9-8(12)13-3/h5-6,10H,4H2,1-3H3,(H,9,12). The normalized spacial score (nSPS) is 12.4. The first-order valence-electron chi connectivity index (χ1n) is 4.02. The third-order valence-corrected chi connectivity index (χ3v) is 1.57. The van der Waals surface area contributed by atoms with Crippen molar-refractivity contribution in [2.45, 2.75) is 19.9 Å². The molecule has 0 aliphatic heterocycles. The van der Waals surface area contributed by atoms with E-state index in [1.807, 2.05) is 0 Å². The van der Waals surface area contributed by atoms with E-state index in [0.717, 1.165) is 0 Å². The summed E-state index contributed by atoms with van der Waals surface area (Å²) in [7, 11) is 1.20. The summed E-state index contributed by atoms with van der Waals surface area (Å²) >= 11 is 0. The number of alkyl carbamates (subject to hydrolysis) is 1. The van der Waals surface area contributed by atoms with E-state index in [0.29, 0.717) is 0 Å². The summed E-state index contributed by atoms with van der Waals surface area (Å²) in [6.45, 7) is 2.99. The number of amides is 1. The molecule has 0 aliphatic carbocycles. The van der Waals surface area contributed by atoms with Gasteiger partial charge in [-0.25, -0.2) is 4.79 Å². The zero-order valence-electron chi connectivity index (χ0n) is 8.03. The van der Waals surface area contributed by atoms with E-state index >= 15 is 0 Å². The van der Waals surface area contributed by atoms with E-state index in [9.17, 15) is 9.59 Å². The van der Waals surface area contributed by atoms with E-state index in [-0.39, 0.29) is 11.7 Å². The molecule has 0 saturated carbocycles. The molecular formula is C8H15NO4. The Morgan fingerprint density at radius 2 is 2.00 bits per heavy atom. The summed E-state index contributed by atoms with van der Waals surface area (Å²) in [6, 6.07) is -0.868. The third kappa shape index (κ3) is 3.89. The van der Waals surface area contributed by atoms with Crippen LogP contribution in [0.1, 0.15) is 13.8 Å². The van der Waals surface area contributed by atoms with Crippen LogP contribution < -0.4 is 5.32 Å². The quantitative estimate of drug-likeness (QED) is 0.649. The maximum atomic E-state index is 11.3. The number of ketones is 1. The zero-order chi connectivity index (χ0) is 10.4. The summed E-state index contributed by atoms with van der Waals surface area (Å²) in [5.74, 6) is -0.442. The molecule has 76 valence electrons. The minimum absolute atomic E-state index is 0.215. The highest BCUT2D eigenvalue weighted by Crippen LogP contribution is 1.99. The largest absolute Gasteiger partial charge is 0.453 e. The Bertz CT molecular complexity index is 191. The van der Waals surface area contributed by atoms with Crippen LogP contribution in [0.25, 0.3) is 0 Å². The second-order valence-corrected chi connectivity index (χ2v) is 2.93. The average molecular weight is 189 g/mol. The van der Waals surface area contributed by atoms with Crippen molar-refractivity contribution in [1.82, 2.24) is 5.32 Å². The van der Waals surface area contributed by atoms with Crippen molar-refractivity contribution in [3.63, 3.8) is 0 Å². The molecule has 0 aliphatic rings. The number of methoxy groups -OCH3 is 1. The first kappa shape index (κ1) is 11.9. The Labute approximate surface area is 77.1 Å². The number of nitrogens with one attached hydrogen (secondary N) is 1. The fourth-order valence-corrected chi connectivity index (χ4v) is 0.810. The SMILES string of the molecule is COC(=O)NC(CO)C(=O)C(C)C. The second-order valence-electron chi connectivity index (χ2n) is 2.93. The lowest BCUT2D eigenvalue weighted by molar-refractivity contribution is -0.124. The number of hydrogen-bond acceptors (Lipinski definition) is 4. The van der Waals surface area contributed by atoms with Crippen molar-refractivity contribution in [2.75, 3.05) is 13.7 Å². The summed E-state index contributed by atoms with van der Waals surface area (Å²) in [6.07, 6.45) is -0.715. The lowest BCUT2D eigenvalue weighted by atomic mass is 10.0. The number of hydrogen-bond donors (Lipinski definition) is 2. The van der Waals surface area contributed by atoms with Crippen LogP contribution >= 0.6 is 0 Å². The third-order valence-electron chi connectivity index (χ3n) is 1.57. The first-order valence-corrected chi connectivity index (χ1v) is 4.02. The minimum atomic E-state index is -0.868. The number of carbonyl (C=O) groups is 2. The van der Waals surface area contributed by atoms with Gasteiger partial charge in [-0.3, -0.25) is 4.79 Å². The lowest BCUT2D eigenvalue weighted by Crippen LogP contribution is -2.45. The van der Waals surface area contributed by atoms with Crippen molar-refractivity contribution in [3.8, 4) is 0 Å². The fraction of sp³-hybridized carbons (Fsp3) is 0.750. The fourth-order valence-electron chi connectivity index (χ4n) is 0.810. The Kier molecular flexibility index (Phi) is 5.06. The van der Waals surface area contributed by atoms with Gasteiger partial charge in [0.2, 0.25) is 0 Å². The van der Waals surface area contributed by atoms with Gasteiger partial charge in [-0.2, -0.15) is 0 Å². The number of ether oxygens (including phenoxy) is 1. The van der Waals surface area contributed by atoms with Gasteiger partial charge in [-0.05, 0) is 0 Å². The molecule has 0 spiro atoms. The van der Waals surface area contributed by atoms with Crippen molar-refractivity contribution < 1.29 is 19.4 Å². The molecule has 0 radical (unpaired) electrons. The Balaban J connectivity index is 4.18. The second kappa shape index (κ2) is 5.53. The monoisotopic (exact) mass is 189 g/mol. The molecule has 0 saturated heterocycles. The number of carbonyl (C=O) groups excluding carboxylic acids is 2. The van der Waals surface area contributed by atoms with Crippen LogP contribution in [0.4, 0.5) is 4.79 Å². The molecule has 0 heterocycles. The molecule has 5 nitrogen and oxygen atoms in total. The molecule has 2 N–H and O–H groups in total. The van der Waals surface area contributed by atoms with Gasteiger partial charge in [0.25, 0.3) is 0 Å². The molecule has 1 unspecified atom stereocenters. The number of rotatable bonds is 4. The number of Topliss-reactive ketones (excluding diaryl/α,β-unsaturated/α-hetero) is 1. The Morgan fingerprint density at radius 3 is 2.31 bits per heavy atom. The van der Waals surface area contributed by atoms with E-state index in [1.165, 1.54) is 7.11 Å². The van der Waals surface area contributed by atoms with E-state index in [1.54, 1.807) is 13.8 Å². The van der Waals surface area contributed by atoms with E-state index in [2.05, 4.69) is 10.1 Å². The van der Waals surface area contributed by atoms with Crippen molar-refractivity contribution in [2.24, 2.45) is 5.92 Å². The lowest BCUT2D eigenvalue weighted by Gasteiger charge is -2.15. The Morgan fingerprint density at radius 1 is 1.46 bits per heavy atom. The van der Waals surface area contributed by atoms with Crippen LogP contribution in [-0.2, 0) is 9.53 Å². The summed E-state index contributed by atoms with van der Waals surface area (Å²) in [4.78, 5) is 22.0. The maximum Gasteiger partial charge on any atom is 0.407 e. The van der Waals surface area contributed by atoms with Crippen molar-refractivity contribution >= 4 is 11.9 Å².